The number of benzene rings is 8. The SMILES string of the molecule is c1ccc(-n2c3ccccc3c3ccc(N(c4cccc5sc6ccccc6c45)c4cccc5c4c4ccccc4n5-c4ccccc4)cc32)cc1. The summed E-state index contributed by atoms with van der Waals surface area (Å²) in [5.41, 5.74) is 10.5. The molecule has 52 heavy (non-hydrogen) atoms. The standard InChI is InChI=1S/C48H31N3S/c1-3-15-32(16-4-1)49-40-23-11-8-20-37(40)47-41(49)24-13-25-42(47)51(43-26-14-28-46-48(43)38-21-9-12-27-45(38)52-46)34-29-30-36-35-19-7-10-22-39(35)50(44(36)31-34)33-17-5-2-6-18-33/h1-31H. The second-order valence-corrected chi connectivity index (χ2v) is 14.4. The third-order valence-corrected chi connectivity index (χ3v) is 11.6. The Kier molecular flexibility index (Phi) is 6.42. The first-order chi connectivity index (χ1) is 25.8. The number of hydrogen-bond donors (Lipinski definition) is 0. The molecule has 0 saturated carbocycles. The molecule has 0 unspecified atom stereocenters. The lowest BCUT2D eigenvalue weighted by Crippen LogP contribution is -2.11. The number of rotatable bonds is 5. The van der Waals surface area contributed by atoms with Gasteiger partial charge in [-0.25, -0.2) is 0 Å². The van der Waals surface area contributed by atoms with Crippen molar-refractivity contribution in [2.75, 3.05) is 4.90 Å². The summed E-state index contributed by atoms with van der Waals surface area (Å²) in [6, 6.07) is 68.4. The highest BCUT2D eigenvalue weighted by Gasteiger charge is 2.24. The van der Waals surface area contributed by atoms with Gasteiger partial charge < -0.3 is 14.0 Å². The highest BCUT2D eigenvalue weighted by molar-refractivity contribution is 7.26. The number of thiophene rings is 1. The van der Waals surface area contributed by atoms with Gasteiger partial charge in [0.2, 0.25) is 0 Å². The molecule has 0 aliphatic heterocycles. The van der Waals surface area contributed by atoms with Crippen LogP contribution in [0.4, 0.5) is 17.1 Å². The molecule has 0 bridgehead atoms. The smallest absolute Gasteiger partial charge is 0.0562 e. The zero-order valence-corrected chi connectivity index (χ0v) is 29.0. The molecule has 11 aromatic rings. The molecule has 0 amide bonds. The Morgan fingerprint density at radius 3 is 1.62 bits per heavy atom. The molecule has 3 nitrogen and oxygen atoms in total. The van der Waals surface area contributed by atoms with E-state index in [1.54, 1.807) is 0 Å². The normalized spacial score (nSPS) is 11.8. The van der Waals surface area contributed by atoms with Gasteiger partial charge in [0.05, 0.1) is 33.4 Å². The maximum atomic E-state index is 2.51. The molecule has 0 spiro atoms. The number of fused-ring (bicyclic) bond motifs is 9. The second kappa shape index (κ2) is 11.5. The van der Waals surface area contributed by atoms with Crippen molar-refractivity contribution in [3.8, 4) is 11.4 Å². The van der Waals surface area contributed by atoms with Gasteiger partial charge >= 0.3 is 0 Å². The van der Waals surface area contributed by atoms with Crippen molar-refractivity contribution in [3.05, 3.63) is 188 Å². The van der Waals surface area contributed by atoms with E-state index in [1.807, 2.05) is 11.3 Å². The van der Waals surface area contributed by atoms with Crippen LogP contribution in [-0.2, 0) is 0 Å². The largest absolute Gasteiger partial charge is 0.309 e. The predicted octanol–water partition coefficient (Wildman–Crippen LogP) is 13.7. The average molecular weight is 682 g/mol. The van der Waals surface area contributed by atoms with Crippen molar-refractivity contribution in [2.45, 2.75) is 0 Å². The fourth-order valence-corrected chi connectivity index (χ4v) is 9.47. The summed E-state index contributed by atoms with van der Waals surface area (Å²) in [5.74, 6) is 0. The number of aromatic nitrogens is 2. The maximum absolute atomic E-state index is 2.51. The third-order valence-electron chi connectivity index (χ3n) is 10.5. The van der Waals surface area contributed by atoms with Crippen LogP contribution >= 0.6 is 11.3 Å². The number of anilines is 3. The molecular formula is C48H31N3S. The summed E-state index contributed by atoms with van der Waals surface area (Å²) < 4.78 is 7.39. The van der Waals surface area contributed by atoms with Gasteiger partial charge in [-0.15, -0.1) is 11.3 Å². The molecule has 0 saturated heterocycles. The van der Waals surface area contributed by atoms with Crippen LogP contribution in [0.1, 0.15) is 0 Å². The van der Waals surface area contributed by atoms with Gasteiger partial charge in [-0.2, -0.15) is 0 Å². The molecule has 0 N–H and O–H groups in total. The molecule has 0 fully saturated rings. The zero-order valence-electron chi connectivity index (χ0n) is 28.1. The molecule has 0 aliphatic carbocycles. The van der Waals surface area contributed by atoms with E-state index in [0.29, 0.717) is 0 Å². The number of hydrogen-bond acceptors (Lipinski definition) is 2. The Bertz CT molecular complexity index is 3130. The Morgan fingerprint density at radius 1 is 0.346 bits per heavy atom. The van der Waals surface area contributed by atoms with Gasteiger partial charge in [-0.1, -0.05) is 109 Å². The highest BCUT2D eigenvalue weighted by Crippen LogP contribution is 2.49. The molecule has 4 heteroatoms. The molecule has 11 rings (SSSR count). The van der Waals surface area contributed by atoms with E-state index in [1.165, 1.54) is 69.5 Å². The predicted molar refractivity (Wildman–Crippen MR) is 223 cm³/mol. The van der Waals surface area contributed by atoms with Gasteiger partial charge in [-0.3, -0.25) is 0 Å². The summed E-state index contributed by atoms with van der Waals surface area (Å²) in [6.45, 7) is 0. The van der Waals surface area contributed by atoms with Crippen LogP contribution in [0.15, 0.2) is 188 Å². The van der Waals surface area contributed by atoms with Crippen LogP contribution in [0, 0.1) is 0 Å². The third kappa shape index (κ3) is 4.25. The van der Waals surface area contributed by atoms with Gasteiger partial charge in [0.15, 0.2) is 0 Å². The van der Waals surface area contributed by atoms with E-state index in [-0.39, 0.29) is 0 Å². The summed E-state index contributed by atoms with van der Waals surface area (Å²) in [7, 11) is 0. The highest BCUT2D eigenvalue weighted by atomic mass is 32.1. The minimum atomic E-state index is 1.11. The summed E-state index contributed by atoms with van der Waals surface area (Å²) >= 11 is 1.86. The summed E-state index contributed by atoms with van der Waals surface area (Å²) in [4.78, 5) is 2.51. The number of nitrogens with zero attached hydrogens (tertiary/aromatic N) is 3. The maximum Gasteiger partial charge on any atom is 0.0562 e. The van der Waals surface area contributed by atoms with Crippen molar-refractivity contribution >= 4 is 92.2 Å². The minimum absolute atomic E-state index is 1.11. The van der Waals surface area contributed by atoms with Crippen LogP contribution < -0.4 is 4.90 Å². The lowest BCUT2D eigenvalue weighted by Gasteiger charge is -2.28. The van der Waals surface area contributed by atoms with E-state index in [9.17, 15) is 0 Å². The van der Waals surface area contributed by atoms with E-state index in [4.69, 9.17) is 0 Å². The summed E-state index contributed by atoms with van der Waals surface area (Å²) in [6.07, 6.45) is 0. The molecule has 0 aliphatic rings. The Labute approximate surface area is 304 Å². The Morgan fingerprint density at radius 2 is 0.865 bits per heavy atom. The fraction of sp³-hybridized carbons (Fsp3) is 0. The van der Waals surface area contributed by atoms with Crippen molar-refractivity contribution in [1.82, 2.24) is 9.13 Å². The second-order valence-electron chi connectivity index (χ2n) is 13.3. The number of para-hydroxylation sites is 4. The Balaban J connectivity index is 1.28. The van der Waals surface area contributed by atoms with Crippen LogP contribution in [0.2, 0.25) is 0 Å². The molecule has 3 aromatic heterocycles. The van der Waals surface area contributed by atoms with Crippen molar-refractivity contribution < 1.29 is 0 Å². The van der Waals surface area contributed by atoms with E-state index in [0.717, 1.165) is 22.7 Å². The lowest BCUT2D eigenvalue weighted by atomic mass is 10.0. The van der Waals surface area contributed by atoms with Crippen molar-refractivity contribution in [2.24, 2.45) is 0 Å². The molecule has 0 atom stereocenters. The van der Waals surface area contributed by atoms with E-state index in [2.05, 4.69) is 202 Å². The topological polar surface area (TPSA) is 13.1 Å². The van der Waals surface area contributed by atoms with Crippen molar-refractivity contribution in [1.29, 1.82) is 0 Å². The molecular weight excluding hydrogens is 651 g/mol. The van der Waals surface area contributed by atoms with Gasteiger partial charge in [-0.05, 0) is 78.9 Å². The van der Waals surface area contributed by atoms with Crippen LogP contribution in [0.5, 0.6) is 0 Å². The first-order valence-corrected chi connectivity index (χ1v) is 18.5. The Hall–Kier alpha value is -6.62. The summed E-state index contributed by atoms with van der Waals surface area (Å²) in [5, 5.41) is 7.49. The van der Waals surface area contributed by atoms with Crippen LogP contribution in [0.25, 0.3) is 75.2 Å². The first-order valence-electron chi connectivity index (χ1n) is 17.7. The molecule has 3 heterocycles. The average Bonchev–Trinajstić information content (AvgIpc) is 3.87. The zero-order chi connectivity index (χ0) is 34.2. The van der Waals surface area contributed by atoms with Gasteiger partial charge in [0, 0.05) is 58.8 Å². The molecule has 0 radical (unpaired) electrons. The minimum Gasteiger partial charge on any atom is -0.309 e. The fourth-order valence-electron chi connectivity index (χ4n) is 8.35. The van der Waals surface area contributed by atoms with Crippen LogP contribution in [0.3, 0.4) is 0 Å². The van der Waals surface area contributed by atoms with E-state index >= 15 is 0 Å². The van der Waals surface area contributed by atoms with E-state index < -0.39 is 0 Å². The van der Waals surface area contributed by atoms with Crippen LogP contribution in [-0.4, -0.2) is 9.13 Å². The molecule has 244 valence electrons. The van der Waals surface area contributed by atoms with Gasteiger partial charge in [0.25, 0.3) is 0 Å². The monoisotopic (exact) mass is 681 g/mol. The first kappa shape index (κ1) is 29.1. The molecule has 8 aromatic carbocycles. The quantitative estimate of drug-likeness (QED) is 0.176. The van der Waals surface area contributed by atoms with Crippen molar-refractivity contribution in [3.63, 3.8) is 0 Å². The lowest BCUT2D eigenvalue weighted by molar-refractivity contribution is 1.18. The van der Waals surface area contributed by atoms with Gasteiger partial charge in [0.1, 0.15) is 0 Å².